The third kappa shape index (κ3) is 5.33. The summed E-state index contributed by atoms with van der Waals surface area (Å²) in [6.45, 7) is 0.591. The molecular weight excluding hydrogens is 240 g/mol. The fourth-order valence-corrected chi connectivity index (χ4v) is 3.61. The Balaban J connectivity index is 2.50. The number of hydrogen-bond donors (Lipinski definition) is 2. The average molecular weight is 264 g/mol. The van der Waals surface area contributed by atoms with Crippen LogP contribution in [0.4, 0.5) is 0 Å². The van der Waals surface area contributed by atoms with Crippen molar-refractivity contribution in [1.82, 2.24) is 4.72 Å². The number of sulfonamides is 1. The highest BCUT2D eigenvalue weighted by Gasteiger charge is 2.26. The summed E-state index contributed by atoms with van der Waals surface area (Å²) >= 11 is 0. The van der Waals surface area contributed by atoms with Crippen LogP contribution in [0.3, 0.4) is 0 Å². The number of nitrogens with one attached hydrogen (secondary N) is 1. The quantitative estimate of drug-likeness (QED) is 0.700. The monoisotopic (exact) mass is 264 g/mol. The Kier molecular flexibility index (Phi) is 6.40. The van der Waals surface area contributed by atoms with Gasteiger partial charge in [-0.2, -0.15) is 0 Å². The van der Waals surface area contributed by atoms with Gasteiger partial charge in [0, 0.05) is 19.7 Å². The summed E-state index contributed by atoms with van der Waals surface area (Å²) < 4.78 is 31.0. The normalized spacial score (nSPS) is 20.4. The molecule has 1 unspecified atom stereocenters. The summed E-state index contributed by atoms with van der Waals surface area (Å²) in [5.74, 6) is 0.401. The van der Waals surface area contributed by atoms with Gasteiger partial charge in [0.2, 0.25) is 10.0 Å². The van der Waals surface area contributed by atoms with Crippen molar-refractivity contribution in [3.8, 4) is 0 Å². The summed E-state index contributed by atoms with van der Waals surface area (Å²) in [7, 11) is -1.76. The minimum atomic E-state index is -3.26. The third-order valence-corrected chi connectivity index (χ3v) is 4.73. The molecule has 1 aliphatic carbocycles. The van der Waals surface area contributed by atoms with E-state index in [9.17, 15) is 8.42 Å². The lowest BCUT2D eigenvalue weighted by Gasteiger charge is -2.29. The van der Waals surface area contributed by atoms with Crippen LogP contribution in [-0.2, 0) is 14.8 Å². The molecule has 0 aromatic rings. The van der Waals surface area contributed by atoms with Gasteiger partial charge in [-0.1, -0.05) is 19.3 Å². The van der Waals surface area contributed by atoms with Crippen molar-refractivity contribution in [3.05, 3.63) is 0 Å². The van der Waals surface area contributed by atoms with Crippen LogP contribution in [-0.4, -0.2) is 40.5 Å². The summed E-state index contributed by atoms with van der Waals surface area (Å²) in [6.07, 6.45) is 5.77. The van der Waals surface area contributed by atoms with Crippen LogP contribution in [0.15, 0.2) is 0 Å². The molecule has 0 saturated heterocycles. The van der Waals surface area contributed by atoms with E-state index in [0.717, 1.165) is 12.8 Å². The average Bonchev–Trinajstić information content (AvgIpc) is 2.35. The van der Waals surface area contributed by atoms with Crippen molar-refractivity contribution in [3.63, 3.8) is 0 Å². The number of nitrogens with two attached hydrogens (primary N) is 1. The van der Waals surface area contributed by atoms with Crippen molar-refractivity contribution in [1.29, 1.82) is 0 Å². The Hall–Kier alpha value is -0.170. The summed E-state index contributed by atoms with van der Waals surface area (Å²) in [5, 5.41) is 0. The first kappa shape index (κ1) is 14.9. The van der Waals surface area contributed by atoms with E-state index in [-0.39, 0.29) is 18.4 Å². The van der Waals surface area contributed by atoms with Gasteiger partial charge in [-0.25, -0.2) is 13.1 Å². The van der Waals surface area contributed by atoms with E-state index in [2.05, 4.69) is 4.72 Å². The molecular formula is C11H24N2O3S. The Morgan fingerprint density at radius 1 is 1.35 bits per heavy atom. The maximum absolute atomic E-state index is 11.8. The molecule has 0 spiro atoms. The highest BCUT2D eigenvalue weighted by molar-refractivity contribution is 7.89. The topological polar surface area (TPSA) is 81.4 Å². The van der Waals surface area contributed by atoms with E-state index in [0.29, 0.717) is 12.5 Å². The third-order valence-electron chi connectivity index (χ3n) is 3.36. The van der Waals surface area contributed by atoms with Crippen LogP contribution < -0.4 is 10.5 Å². The minimum absolute atomic E-state index is 0.00667. The fraction of sp³-hybridized carbons (Fsp3) is 1.00. The molecule has 102 valence electrons. The largest absolute Gasteiger partial charge is 0.384 e. The molecule has 3 N–H and O–H groups in total. The molecule has 0 aliphatic heterocycles. The second kappa shape index (κ2) is 7.31. The van der Waals surface area contributed by atoms with E-state index < -0.39 is 10.0 Å². The molecule has 1 atom stereocenters. The molecule has 0 amide bonds. The van der Waals surface area contributed by atoms with Gasteiger partial charge in [0.1, 0.15) is 0 Å². The van der Waals surface area contributed by atoms with Gasteiger partial charge in [-0.3, -0.25) is 0 Å². The van der Waals surface area contributed by atoms with Crippen LogP contribution in [0, 0.1) is 5.92 Å². The first-order valence-electron chi connectivity index (χ1n) is 6.28. The van der Waals surface area contributed by atoms with E-state index >= 15 is 0 Å². The summed E-state index contributed by atoms with van der Waals surface area (Å²) in [4.78, 5) is 0. The maximum atomic E-state index is 11.8. The molecule has 6 heteroatoms. The second-order valence-electron chi connectivity index (χ2n) is 4.67. The predicted molar refractivity (Wildman–Crippen MR) is 68.2 cm³/mol. The van der Waals surface area contributed by atoms with Crippen molar-refractivity contribution < 1.29 is 13.2 Å². The molecule has 1 aliphatic rings. The zero-order valence-corrected chi connectivity index (χ0v) is 11.3. The second-order valence-corrected chi connectivity index (χ2v) is 6.54. The van der Waals surface area contributed by atoms with Crippen LogP contribution in [0.25, 0.3) is 0 Å². The molecule has 0 bridgehead atoms. The van der Waals surface area contributed by atoms with Crippen LogP contribution in [0.2, 0.25) is 0 Å². The Labute approximate surface area is 104 Å². The smallest absolute Gasteiger partial charge is 0.214 e. The van der Waals surface area contributed by atoms with Gasteiger partial charge in [0.05, 0.1) is 12.4 Å². The predicted octanol–water partition coefficient (Wildman–Crippen LogP) is 0.460. The minimum Gasteiger partial charge on any atom is -0.384 e. The van der Waals surface area contributed by atoms with E-state index in [4.69, 9.17) is 10.5 Å². The molecule has 1 fully saturated rings. The first-order chi connectivity index (χ1) is 8.09. The lowest BCUT2D eigenvalue weighted by Crippen LogP contribution is -2.46. The molecule has 0 aromatic carbocycles. The number of ether oxygens (including phenoxy) is 1. The Bertz CT molecular complexity index is 300. The van der Waals surface area contributed by atoms with Crippen LogP contribution in [0.5, 0.6) is 0 Å². The van der Waals surface area contributed by atoms with Crippen molar-refractivity contribution >= 4 is 10.0 Å². The van der Waals surface area contributed by atoms with E-state index in [1.54, 1.807) is 0 Å². The van der Waals surface area contributed by atoms with Gasteiger partial charge in [0.15, 0.2) is 0 Å². The van der Waals surface area contributed by atoms with Gasteiger partial charge in [-0.15, -0.1) is 0 Å². The molecule has 0 aromatic heterocycles. The Morgan fingerprint density at radius 2 is 2.00 bits per heavy atom. The number of rotatable bonds is 7. The fourth-order valence-electron chi connectivity index (χ4n) is 2.36. The molecule has 1 rings (SSSR count). The zero-order valence-electron chi connectivity index (χ0n) is 10.5. The van der Waals surface area contributed by atoms with Gasteiger partial charge in [-0.05, 0) is 18.8 Å². The molecule has 1 saturated carbocycles. The highest BCUT2D eigenvalue weighted by Crippen LogP contribution is 2.26. The highest BCUT2D eigenvalue weighted by atomic mass is 32.2. The van der Waals surface area contributed by atoms with Crippen molar-refractivity contribution in [2.24, 2.45) is 11.7 Å². The lowest BCUT2D eigenvalue weighted by molar-refractivity contribution is 0.216. The first-order valence-corrected chi connectivity index (χ1v) is 7.93. The van der Waals surface area contributed by atoms with Crippen LogP contribution >= 0.6 is 0 Å². The van der Waals surface area contributed by atoms with Crippen molar-refractivity contribution in [2.45, 2.75) is 38.1 Å². The molecule has 0 radical (unpaired) electrons. The number of methoxy groups -OCH3 is 1. The molecule has 17 heavy (non-hydrogen) atoms. The van der Waals surface area contributed by atoms with E-state index in [1.807, 2.05) is 0 Å². The molecule has 5 nitrogen and oxygen atoms in total. The standard InChI is InChI=1S/C11H24N2O3S/c1-16-7-8-17(14,15)13-11(9-12)10-5-3-2-4-6-10/h10-11,13H,2-9,12H2,1H3. The maximum Gasteiger partial charge on any atom is 0.214 e. The number of hydrogen-bond acceptors (Lipinski definition) is 4. The SMILES string of the molecule is COCCS(=O)(=O)NC(CN)C1CCCCC1. The summed E-state index contributed by atoms with van der Waals surface area (Å²) in [6, 6.07) is -0.114. The Morgan fingerprint density at radius 3 is 2.53 bits per heavy atom. The van der Waals surface area contributed by atoms with Crippen LogP contribution in [0.1, 0.15) is 32.1 Å². The molecule has 0 heterocycles. The zero-order chi connectivity index (χ0) is 12.7. The van der Waals surface area contributed by atoms with E-state index in [1.165, 1.54) is 26.4 Å². The lowest BCUT2D eigenvalue weighted by atomic mass is 9.84. The summed E-state index contributed by atoms with van der Waals surface area (Å²) in [5.41, 5.74) is 5.68. The van der Waals surface area contributed by atoms with Gasteiger partial charge >= 0.3 is 0 Å². The van der Waals surface area contributed by atoms with Crippen molar-refractivity contribution in [2.75, 3.05) is 26.0 Å². The van der Waals surface area contributed by atoms with Gasteiger partial charge in [0.25, 0.3) is 0 Å². The van der Waals surface area contributed by atoms with Gasteiger partial charge < -0.3 is 10.5 Å².